The van der Waals surface area contributed by atoms with Crippen LogP contribution in [0, 0.1) is 22.7 Å². The smallest absolute Gasteiger partial charge is 0.251 e. The first-order chi connectivity index (χ1) is 11.6. The number of nitrogens with one attached hydrogen (secondary N) is 2. The first kappa shape index (κ1) is 16.7. The van der Waals surface area contributed by atoms with Crippen LogP contribution in [0.25, 0.3) is 0 Å². The first-order valence-electron chi connectivity index (χ1n) is 7.24. The van der Waals surface area contributed by atoms with E-state index in [1.165, 1.54) is 0 Å². The highest BCUT2D eigenvalue weighted by Crippen LogP contribution is 2.14. The van der Waals surface area contributed by atoms with Crippen LogP contribution < -0.4 is 10.7 Å². The third-order valence-corrected chi connectivity index (χ3v) is 3.30. The van der Waals surface area contributed by atoms with E-state index in [1.807, 2.05) is 37.3 Å². The van der Waals surface area contributed by atoms with Crippen molar-refractivity contribution in [1.29, 1.82) is 10.5 Å². The fourth-order valence-electron chi connectivity index (χ4n) is 2.00. The molecule has 1 unspecified atom stereocenters. The topological polar surface area (TPSA) is 101 Å². The predicted molar refractivity (Wildman–Crippen MR) is 91.0 cm³/mol. The molecule has 24 heavy (non-hydrogen) atoms. The van der Waals surface area contributed by atoms with Gasteiger partial charge in [0.1, 0.15) is 12.1 Å². The second-order valence-corrected chi connectivity index (χ2v) is 4.98. The summed E-state index contributed by atoms with van der Waals surface area (Å²) in [5.41, 5.74) is 4.43. The minimum Gasteiger partial charge on any atom is -0.346 e. The molecule has 0 aliphatic rings. The van der Waals surface area contributed by atoms with E-state index in [4.69, 9.17) is 10.5 Å². The summed E-state index contributed by atoms with van der Waals surface area (Å²) in [6.07, 6.45) is 0. The molecule has 2 aromatic rings. The van der Waals surface area contributed by atoms with Crippen LogP contribution in [0.15, 0.2) is 59.7 Å². The molecule has 0 radical (unpaired) electrons. The van der Waals surface area contributed by atoms with E-state index in [0.29, 0.717) is 11.3 Å². The highest BCUT2D eigenvalue weighted by Gasteiger charge is 2.11. The number of anilines is 1. The van der Waals surface area contributed by atoms with E-state index in [9.17, 15) is 4.79 Å². The van der Waals surface area contributed by atoms with Crippen LogP contribution in [-0.4, -0.2) is 11.6 Å². The van der Waals surface area contributed by atoms with Crippen LogP contribution in [0.1, 0.15) is 28.9 Å². The minimum atomic E-state index is -0.270. The van der Waals surface area contributed by atoms with Crippen molar-refractivity contribution in [2.75, 3.05) is 5.43 Å². The maximum atomic E-state index is 12.3. The lowest BCUT2D eigenvalue weighted by Crippen LogP contribution is -2.26. The van der Waals surface area contributed by atoms with Gasteiger partial charge >= 0.3 is 0 Å². The van der Waals surface area contributed by atoms with Crippen molar-refractivity contribution in [1.82, 2.24) is 5.32 Å². The maximum absolute atomic E-state index is 12.3. The van der Waals surface area contributed by atoms with E-state index in [-0.39, 0.29) is 17.7 Å². The van der Waals surface area contributed by atoms with Gasteiger partial charge in [-0.1, -0.05) is 30.3 Å². The Morgan fingerprint density at radius 3 is 2.25 bits per heavy atom. The van der Waals surface area contributed by atoms with Crippen LogP contribution in [0.3, 0.4) is 0 Å². The summed E-state index contributed by atoms with van der Waals surface area (Å²) in [7, 11) is 0. The molecule has 0 spiro atoms. The van der Waals surface area contributed by atoms with E-state index in [0.717, 1.165) is 5.56 Å². The quantitative estimate of drug-likeness (QED) is 0.653. The number of rotatable bonds is 5. The zero-order valence-corrected chi connectivity index (χ0v) is 13.0. The highest BCUT2D eigenvalue weighted by atomic mass is 16.1. The number of benzene rings is 2. The molecule has 6 nitrogen and oxygen atoms in total. The average Bonchev–Trinajstić information content (AvgIpc) is 2.63. The number of hydrogen-bond acceptors (Lipinski definition) is 5. The van der Waals surface area contributed by atoms with Gasteiger partial charge in [0.15, 0.2) is 0 Å². The van der Waals surface area contributed by atoms with E-state index in [1.54, 1.807) is 36.4 Å². The van der Waals surface area contributed by atoms with Gasteiger partial charge in [-0.15, -0.1) is 0 Å². The zero-order valence-electron chi connectivity index (χ0n) is 13.0. The Kier molecular flexibility index (Phi) is 5.65. The standard InChI is InChI=1S/C18H15N5O/c1-13(14-5-3-2-4-6-14)21-18(24)15-7-9-16(10-8-15)22-23-17(11-19)12-20/h2-10,13,22H,1H3,(H,21,24). The van der Waals surface area contributed by atoms with Crippen LogP contribution in [0.2, 0.25) is 0 Å². The lowest BCUT2D eigenvalue weighted by Gasteiger charge is -2.14. The molecule has 0 bridgehead atoms. The van der Waals surface area contributed by atoms with E-state index in [2.05, 4.69) is 15.8 Å². The largest absolute Gasteiger partial charge is 0.346 e. The Balaban J connectivity index is 2.00. The van der Waals surface area contributed by atoms with Gasteiger partial charge in [0.05, 0.1) is 11.7 Å². The summed E-state index contributed by atoms with van der Waals surface area (Å²) < 4.78 is 0. The van der Waals surface area contributed by atoms with Gasteiger partial charge in [-0.25, -0.2) is 0 Å². The molecule has 0 aliphatic carbocycles. The summed E-state index contributed by atoms with van der Waals surface area (Å²) in [5.74, 6) is -0.184. The summed E-state index contributed by atoms with van der Waals surface area (Å²) in [6, 6.07) is 19.5. The zero-order chi connectivity index (χ0) is 17.4. The third kappa shape index (κ3) is 4.43. The van der Waals surface area contributed by atoms with Gasteiger partial charge in [0.2, 0.25) is 5.71 Å². The van der Waals surface area contributed by atoms with Crippen molar-refractivity contribution in [2.24, 2.45) is 5.10 Å². The van der Waals surface area contributed by atoms with Crippen molar-refractivity contribution >= 4 is 17.3 Å². The van der Waals surface area contributed by atoms with Gasteiger partial charge < -0.3 is 5.32 Å². The number of amides is 1. The molecule has 2 rings (SSSR count). The van der Waals surface area contributed by atoms with E-state index < -0.39 is 0 Å². The van der Waals surface area contributed by atoms with Crippen molar-refractivity contribution in [2.45, 2.75) is 13.0 Å². The Bertz CT molecular complexity index is 797. The molecule has 0 heterocycles. The average molecular weight is 317 g/mol. The Labute approximate surface area is 140 Å². The van der Waals surface area contributed by atoms with Gasteiger partial charge in [-0.3, -0.25) is 10.2 Å². The Morgan fingerprint density at radius 1 is 1.04 bits per heavy atom. The molecular weight excluding hydrogens is 302 g/mol. The molecule has 0 aromatic heterocycles. The Morgan fingerprint density at radius 2 is 1.67 bits per heavy atom. The second-order valence-electron chi connectivity index (χ2n) is 4.98. The molecule has 2 aromatic carbocycles. The van der Waals surface area contributed by atoms with Crippen molar-refractivity contribution in [3.05, 3.63) is 65.7 Å². The Hall–Kier alpha value is -3.64. The summed E-state index contributed by atoms with van der Waals surface area (Å²) in [6.45, 7) is 1.92. The van der Waals surface area contributed by atoms with Gasteiger partial charge in [0.25, 0.3) is 5.91 Å². The number of hydrazone groups is 1. The maximum Gasteiger partial charge on any atom is 0.251 e. The van der Waals surface area contributed by atoms with Gasteiger partial charge in [-0.2, -0.15) is 15.6 Å². The molecule has 0 saturated heterocycles. The first-order valence-corrected chi connectivity index (χ1v) is 7.24. The lowest BCUT2D eigenvalue weighted by molar-refractivity contribution is 0.0940. The monoisotopic (exact) mass is 317 g/mol. The molecule has 1 atom stereocenters. The van der Waals surface area contributed by atoms with Crippen molar-refractivity contribution in [3.63, 3.8) is 0 Å². The van der Waals surface area contributed by atoms with Crippen LogP contribution in [-0.2, 0) is 0 Å². The number of carbonyl (C=O) groups excluding carboxylic acids is 1. The fraction of sp³-hybridized carbons (Fsp3) is 0.111. The number of hydrogen-bond donors (Lipinski definition) is 2. The van der Waals surface area contributed by atoms with Gasteiger partial charge in [-0.05, 0) is 36.8 Å². The summed E-state index contributed by atoms with van der Waals surface area (Å²) >= 11 is 0. The van der Waals surface area contributed by atoms with Crippen LogP contribution >= 0.6 is 0 Å². The molecule has 2 N–H and O–H groups in total. The predicted octanol–water partition coefficient (Wildman–Crippen LogP) is 2.99. The fourth-order valence-corrected chi connectivity index (χ4v) is 2.00. The molecular formula is C18H15N5O. The van der Waals surface area contributed by atoms with Gasteiger partial charge in [0, 0.05) is 5.56 Å². The summed E-state index contributed by atoms with van der Waals surface area (Å²) in [4.78, 5) is 12.3. The molecule has 1 amide bonds. The van der Waals surface area contributed by atoms with Crippen LogP contribution in [0.4, 0.5) is 5.69 Å². The number of carbonyl (C=O) groups is 1. The molecule has 0 fully saturated rings. The molecule has 0 saturated carbocycles. The second kappa shape index (κ2) is 8.11. The normalized spacial score (nSPS) is 10.6. The third-order valence-electron chi connectivity index (χ3n) is 3.30. The molecule has 6 heteroatoms. The van der Waals surface area contributed by atoms with E-state index >= 15 is 0 Å². The SMILES string of the molecule is CC(NC(=O)c1ccc(NN=C(C#N)C#N)cc1)c1ccccc1. The van der Waals surface area contributed by atoms with Crippen molar-refractivity contribution < 1.29 is 4.79 Å². The number of nitrogens with zero attached hydrogens (tertiary/aromatic N) is 3. The molecule has 0 aliphatic heterocycles. The van der Waals surface area contributed by atoms with Crippen LogP contribution in [0.5, 0.6) is 0 Å². The molecule has 118 valence electrons. The van der Waals surface area contributed by atoms with Crippen molar-refractivity contribution in [3.8, 4) is 12.1 Å². The minimum absolute atomic E-state index is 0.102. The lowest BCUT2D eigenvalue weighted by atomic mass is 10.1. The number of nitriles is 2. The summed E-state index contributed by atoms with van der Waals surface area (Å²) in [5, 5.41) is 23.8. The highest BCUT2D eigenvalue weighted by molar-refractivity contribution is 6.10.